The van der Waals surface area contributed by atoms with Crippen molar-refractivity contribution in [1.82, 2.24) is 14.9 Å². The molecular weight excluding hydrogens is 268 g/mol. The van der Waals surface area contributed by atoms with Gasteiger partial charge in [0.1, 0.15) is 0 Å². The molecule has 3 heterocycles. The summed E-state index contributed by atoms with van der Waals surface area (Å²) in [4.78, 5) is 13.6. The molecule has 0 saturated carbocycles. The highest BCUT2D eigenvalue weighted by atomic mass is 16.5. The van der Waals surface area contributed by atoms with E-state index in [1.807, 2.05) is 12.3 Å². The van der Waals surface area contributed by atoms with Crippen LogP contribution in [0.25, 0.3) is 0 Å². The third-order valence-corrected chi connectivity index (χ3v) is 4.24. The maximum Gasteiger partial charge on any atom is 0.225 e. The van der Waals surface area contributed by atoms with Crippen LogP contribution in [0.2, 0.25) is 0 Å². The first-order chi connectivity index (χ1) is 10.3. The maximum absolute atomic E-state index is 9.32. The summed E-state index contributed by atoms with van der Waals surface area (Å²) in [6.07, 6.45) is 4.14. The minimum atomic E-state index is 0.291. The molecule has 0 bridgehead atoms. The number of hydrogen-bond acceptors (Lipinski definition) is 6. The lowest BCUT2D eigenvalue weighted by molar-refractivity contribution is 0.114. The minimum Gasteiger partial charge on any atom is -0.396 e. The molecule has 0 spiro atoms. The van der Waals surface area contributed by atoms with Gasteiger partial charge in [-0.25, -0.2) is 9.97 Å². The number of aliphatic hydroxyl groups excluding tert-OH is 1. The molecule has 1 aromatic rings. The van der Waals surface area contributed by atoms with Gasteiger partial charge >= 0.3 is 0 Å². The summed E-state index contributed by atoms with van der Waals surface area (Å²) in [5.41, 5.74) is 1.06. The van der Waals surface area contributed by atoms with Gasteiger partial charge in [-0.05, 0) is 31.4 Å². The Morgan fingerprint density at radius 2 is 2.14 bits per heavy atom. The van der Waals surface area contributed by atoms with Crippen molar-refractivity contribution in [2.24, 2.45) is 5.92 Å². The predicted molar refractivity (Wildman–Crippen MR) is 80.2 cm³/mol. The van der Waals surface area contributed by atoms with Gasteiger partial charge < -0.3 is 14.7 Å². The summed E-state index contributed by atoms with van der Waals surface area (Å²) in [5.74, 6) is 1.23. The van der Waals surface area contributed by atoms with Gasteiger partial charge in [0.05, 0.1) is 18.9 Å². The van der Waals surface area contributed by atoms with Crippen LogP contribution in [0.15, 0.2) is 12.3 Å². The molecule has 0 aromatic carbocycles. The largest absolute Gasteiger partial charge is 0.396 e. The number of nitrogens with zero attached hydrogens (tertiary/aromatic N) is 4. The van der Waals surface area contributed by atoms with E-state index in [0.29, 0.717) is 12.5 Å². The Balaban J connectivity index is 1.62. The summed E-state index contributed by atoms with van der Waals surface area (Å²) in [7, 11) is 0. The van der Waals surface area contributed by atoms with Crippen LogP contribution in [-0.4, -0.2) is 66.0 Å². The maximum atomic E-state index is 9.32. The topological polar surface area (TPSA) is 61.7 Å². The molecule has 6 nitrogen and oxygen atoms in total. The normalized spacial score (nSPS) is 24.2. The molecule has 21 heavy (non-hydrogen) atoms. The molecule has 1 aromatic heterocycles. The van der Waals surface area contributed by atoms with Crippen LogP contribution in [0, 0.1) is 5.92 Å². The lowest BCUT2D eigenvalue weighted by Gasteiger charge is -2.32. The Labute approximate surface area is 125 Å². The minimum absolute atomic E-state index is 0.291. The Morgan fingerprint density at radius 3 is 2.95 bits per heavy atom. The fourth-order valence-corrected chi connectivity index (χ4v) is 3.06. The van der Waals surface area contributed by atoms with E-state index in [1.54, 1.807) is 0 Å². The molecule has 1 atom stereocenters. The number of aliphatic hydroxyl groups is 1. The fraction of sp³-hybridized carbons (Fsp3) is 0.733. The van der Waals surface area contributed by atoms with Gasteiger partial charge in [0.25, 0.3) is 0 Å². The molecule has 3 rings (SSSR count). The van der Waals surface area contributed by atoms with Crippen molar-refractivity contribution in [1.29, 1.82) is 0 Å². The molecule has 2 aliphatic rings. The van der Waals surface area contributed by atoms with Gasteiger partial charge in [0.15, 0.2) is 0 Å². The van der Waals surface area contributed by atoms with E-state index in [1.165, 1.54) is 0 Å². The van der Waals surface area contributed by atoms with Crippen LogP contribution in [0.4, 0.5) is 5.95 Å². The lowest BCUT2D eigenvalue weighted by Crippen LogP contribution is -2.38. The lowest BCUT2D eigenvalue weighted by atomic mass is 9.99. The molecule has 2 saturated heterocycles. The summed E-state index contributed by atoms with van der Waals surface area (Å²) in [6.45, 7) is 6.41. The molecule has 1 N–H and O–H groups in total. The summed E-state index contributed by atoms with van der Waals surface area (Å²) >= 11 is 0. The first-order valence-corrected chi connectivity index (χ1v) is 7.83. The number of morpholine rings is 1. The van der Waals surface area contributed by atoms with Gasteiger partial charge in [-0.1, -0.05) is 0 Å². The predicted octanol–water partition coefficient (Wildman–Crippen LogP) is 0.517. The summed E-state index contributed by atoms with van der Waals surface area (Å²) in [6, 6.07) is 1.99. The second kappa shape index (κ2) is 7.15. The van der Waals surface area contributed by atoms with Crippen molar-refractivity contribution in [2.45, 2.75) is 19.4 Å². The zero-order chi connectivity index (χ0) is 14.5. The summed E-state index contributed by atoms with van der Waals surface area (Å²) < 4.78 is 5.37. The van der Waals surface area contributed by atoms with Crippen LogP contribution in [0.1, 0.15) is 18.5 Å². The first kappa shape index (κ1) is 14.7. The Hall–Kier alpha value is -1.24. The molecule has 0 amide bonds. The molecule has 2 aliphatic heterocycles. The van der Waals surface area contributed by atoms with Gasteiger partial charge in [0.2, 0.25) is 5.95 Å². The van der Waals surface area contributed by atoms with Gasteiger partial charge in [-0.3, -0.25) is 4.90 Å². The third kappa shape index (κ3) is 3.90. The number of likely N-dealkylation sites (tertiary alicyclic amines) is 1. The van der Waals surface area contributed by atoms with E-state index in [-0.39, 0.29) is 0 Å². The van der Waals surface area contributed by atoms with Crippen LogP contribution in [0.3, 0.4) is 0 Å². The summed E-state index contributed by atoms with van der Waals surface area (Å²) in [5, 5.41) is 9.32. The van der Waals surface area contributed by atoms with Gasteiger partial charge in [-0.15, -0.1) is 0 Å². The Bertz CT molecular complexity index is 451. The quantitative estimate of drug-likeness (QED) is 0.873. The van der Waals surface area contributed by atoms with Crippen molar-refractivity contribution >= 4 is 5.95 Å². The van der Waals surface area contributed by atoms with E-state index in [0.717, 1.165) is 70.4 Å². The number of anilines is 1. The zero-order valence-corrected chi connectivity index (χ0v) is 12.4. The van der Waals surface area contributed by atoms with E-state index < -0.39 is 0 Å². The van der Waals surface area contributed by atoms with Crippen molar-refractivity contribution in [3.63, 3.8) is 0 Å². The molecule has 116 valence electrons. The number of hydrogen-bond donors (Lipinski definition) is 1. The molecule has 6 heteroatoms. The number of ether oxygens (including phenoxy) is 1. The van der Waals surface area contributed by atoms with E-state index in [4.69, 9.17) is 9.72 Å². The van der Waals surface area contributed by atoms with E-state index in [2.05, 4.69) is 14.8 Å². The molecular formula is C15H24N4O2. The highest BCUT2D eigenvalue weighted by molar-refractivity contribution is 5.30. The SMILES string of the molecule is OC[C@@H]1CCCN(Cc2ccnc(N3CCOCC3)n2)C1. The average Bonchev–Trinajstić information content (AvgIpc) is 2.56. The molecule has 0 radical (unpaired) electrons. The highest BCUT2D eigenvalue weighted by Crippen LogP contribution is 2.18. The van der Waals surface area contributed by atoms with Gasteiger partial charge in [-0.2, -0.15) is 0 Å². The molecule has 0 aliphatic carbocycles. The van der Waals surface area contributed by atoms with Crippen LogP contribution < -0.4 is 4.90 Å². The molecule has 2 fully saturated rings. The Kier molecular flexibility index (Phi) is 5.00. The van der Waals surface area contributed by atoms with Crippen molar-refractivity contribution in [2.75, 3.05) is 50.9 Å². The molecule has 0 unspecified atom stereocenters. The number of aromatic nitrogens is 2. The van der Waals surface area contributed by atoms with Crippen LogP contribution >= 0.6 is 0 Å². The van der Waals surface area contributed by atoms with Crippen molar-refractivity contribution < 1.29 is 9.84 Å². The zero-order valence-electron chi connectivity index (χ0n) is 12.4. The number of rotatable bonds is 4. The monoisotopic (exact) mass is 292 g/mol. The average molecular weight is 292 g/mol. The highest BCUT2D eigenvalue weighted by Gasteiger charge is 2.20. The standard InChI is InChI=1S/C15H24N4O2/c20-12-13-2-1-5-18(10-13)11-14-3-4-16-15(17-14)19-6-8-21-9-7-19/h3-4,13,20H,1-2,5-12H2/t13-/m1/s1. The Morgan fingerprint density at radius 1 is 1.29 bits per heavy atom. The smallest absolute Gasteiger partial charge is 0.225 e. The van der Waals surface area contributed by atoms with Crippen molar-refractivity contribution in [3.05, 3.63) is 18.0 Å². The second-order valence-corrected chi connectivity index (χ2v) is 5.87. The van der Waals surface area contributed by atoms with Crippen LogP contribution in [0.5, 0.6) is 0 Å². The number of piperidine rings is 1. The first-order valence-electron chi connectivity index (χ1n) is 7.83. The van der Waals surface area contributed by atoms with Crippen LogP contribution in [-0.2, 0) is 11.3 Å². The second-order valence-electron chi connectivity index (χ2n) is 5.87. The fourth-order valence-electron chi connectivity index (χ4n) is 3.06. The van der Waals surface area contributed by atoms with E-state index >= 15 is 0 Å². The van der Waals surface area contributed by atoms with Crippen molar-refractivity contribution in [3.8, 4) is 0 Å². The van der Waals surface area contributed by atoms with Gasteiger partial charge in [0, 0.05) is 39.0 Å². The van der Waals surface area contributed by atoms with E-state index in [9.17, 15) is 5.11 Å². The third-order valence-electron chi connectivity index (χ3n) is 4.24.